The van der Waals surface area contributed by atoms with Crippen molar-refractivity contribution < 1.29 is 13.2 Å². The van der Waals surface area contributed by atoms with E-state index in [0.717, 1.165) is 6.42 Å². The molecule has 0 aromatic heterocycles. The molecule has 27 heavy (non-hydrogen) atoms. The number of piperidine rings is 1. The second-order valence-electron chi connectivity index (χ2n) is 8.53. The van der Waals surface area contributed by atoms with Gasteiger partial charge < -0.3 is 11.1 Å². The van der Waals surface area contributed by atoms with Crippen molar-refractivity contribution in [2.75, 3.05) is 19.6 Å². The maximum atomic E-state index is 13.1. The lowest BCUT2D eigenvalue weighted by atomic mass is 9.88. The highest BCUT2D eigenvalue weighted by molar-refractivity contribution is 7.89. The number of amides is 1. The van der Waals surface area contributed by atoms with Gasteiger partial charge in [-0.05, 0) is 49.3 Å². The van der Waals surface area contributed by atoms with Crippen molar-refractivity contribution in [2.24, 2.45) is 23.5 Å². The molecule has 1 aliphatic rings. The maximum absolute atomic E-state index is 13.1. The molecule has 1 saturated heterocycles. The van der Waals surface area contributed by atoms with Gasteiger partial charge in [-0.2, -0.15) is 4.31 Å². The van der Waals surface area contributed by atoms with Gasteiger partial charge in [-0.3, -0.25) is 4.79 Å². The van der Waals surface area contributed by atoms with Crippen LogP contribution < -0.4 is 11.1 Å². The van der Waals surface area contributed by atoms with Crippen LogP contribution in [0.25, 0.3) is 0 Å². The normalized spacial score (nSPS) is 23.8. The molecule has 0 saturated carbocycles. The summed E-state index contributed by atoms with van der Waals surface area (Å²) in [6.45, 7) is 11.4. The zero-order valence-corrected chi connectivity index (χ0v) is 17.8. The molecular formula is C20H33N3O3S. The molecule has 6 nitrogen and oxygen atoms in total. The van der Waals surface area contributed by atoms with Gasteiger partial charge in [-0.15, -0.1) is 0 Å². The van der Waals surface area contributed by atoms with E-state index >= 15 is 0 Å². The minimum absolute atomic E-state index is 0.148. The lowest BCUT2D eigenvalue weighted by Gasteiger charge is -2.34. The van der Waals surface area contributed by atoms with Crippen molar-refractivity contribution in [1.82, 2.24) is 9.62 Å². The molecule has 2 rings (SSSR count). The number of rotatable bonds is 6. The van der Waals surface area contributed by atoms with Gasteiger partial charge in [0, 0.05) is 25.2 Å². The van der Waals surface area contributed by atoms with Gasteiger partial charge in [0.1, 0.15) is 0 Å². The van der Waals surface area contributed by atoms with Gasteiger partial charge in [-0.25, -0.2) is 8.42 Å². The molecule has 1 amide bonds. The first-order valence-corrected chi connectivity index (χ1v) is 11.1. The number of nitrogens with zero attached hydrogens (tertiary/aromatic N) is 1. The summed E-state index contributed by atoms with van der Waals surface area (Å²) in [5.41, 5.74) is 5.62. The minimum Gasteiger partial charge on any atom is -0.345 e. The molecule has 3 N–H and O–H groups in total. The fourth-order valence-electron chi connectivity index (χ4n) is 3.51. The minimum atomic E-state index is -3.62. The average molecular weight is 396 g/mol. The molecule has 3 atom stereocenters. The Morgan fingerprint density at radius 2 is 1.89 bits per heavy atom. The quantitative estimate of drug-likeness (QED) is 0.774. The average Bonchev–Trinajstić information content (AvgIpc) is 2.60. The standard InChI is InChI=1S/C20H33N3O3S/c1-14(2)20(5,13-21)22-19(24)17-7-6-8-18(10-17)27(25,26)23-11-15(3)9-16(4)12-23/h6-8,10,14-16H,9,11-13,21H2,1-5H3,(H,22,24). The molecule has 1 heterocycles. The molecule has 1 aliphatic heterocycles. The Kier molecular flexibility index (Phi) is 6.71. The number of nitrogens with one attached hydrogen (secondary N) is 1. The van der Waals surface area contributed by atoms with Crippen LogP contribution in [-0.4, -0.2) is 43.8 Å². The summed E-state index contributed by atoms with van der Waals surface area (Å²) in [6.07, 6.45) is 1.03. The van der Waals surface area contributed by atoms with Gasteiger partial charge in [0.25, 0.3) is 5.91 Å². The first kappa shape index (κ1) is 21.9. The Hall–Kier alpha value is -1.44. The zero-order chi connectivity index (χ0) is 20.4. The van der Waals surface area contributed by atoms with Gasteiger partial charge in [-0.1, -0.05) is 33.8 Å². The first-order chi connectivity index (χ1) is 12.5. The molecule has 0 bridgehead atoms. The lowest BCUT2D eigenvalue weighted by Crippen LogP contribution is -2.55. The van der Waals surface area contributed by atoms with Crippen LogP contribution in [0.2, 0.25) is 0 Å². The summed E-state index contributed by atoms with van der Waals surface area (Å²) < 4.78 is 27.7. The van der Waals surface area contributed by atoms with Crippen LogP contribution in [0.4, 0.5) is 0 Å². The van der Waals surface area contributed by atoms with Crippen LogP contribution in [0, 0.1) is 17.8 Å². The summed E-state index contributed by atoms with van der Waals surface area (Å²) in [5, 5.41) is 2.96. The molecule has 1 fully saturated rings. The Bertz CT molecular complexity index is 768. The highest BCUT2D eigenvalue weighted by Crippen LogP contribution is 2.27. The number of sulfonamides is 1. The molecule has 1 aromatic carbocycles. The SMILES string of the molecule is CC1CC(C)CN(S(=O)(=O)c2cccc(C(=O)NC(C)(CN)C(C)C)c2)C1. The van der Waals surface area contributed by atoms with Crippen LogP contribution >= 0.6 is 0 Å². The fraction of sp³-hybridized carbons (Fsp3) is 0.650. The van der Waals surface area contributed by atoms with Gasteiger partial charge in [0.2, 0.25) is 10.0 Å². The van der Waals surface area contributed by atoms with E-state index in [-0.39, 0.29) is 16.7 Å². The molecule has 152 valence electrons. The third-order valence-electron chi connectivity index (χ3n) is 5.67. The predicted octanol–water partition coefficient (Wildman–Crippen LogP) is 2.46. The Morgan fingerprint density at radius 3 is 2.41 bits per heavy atom. The van der Waals surface area contributed by atoms with Crippen molar-refractivity contribution in [3.05, 3.63) is 29.8 Å². The monoisotopic (exact) mass is 395 g/mol. The van der Waals surface area contributed by atoms with Crippen molar-refractivity contribution in [2.45, 2.75) is 51.5 Å². The Balaban J connectivity index is 2.27. The Labute approximate surface area is 163 Å². The van der Waals surface area contributed by atoms with Gasteiger partial charge in [0.15, 0.2) is 0 Å². The zero-order valence-electron chi connectivity index (χ0n) is 17.0. The van der Waals surface area contributed by atoms with Gasteiger partial charge in [0.05, 0.1) is 10.4 Å². The topological polar surface area (TPSA) is 92.5 Å². The number of hydrogen-bond acceptors (Lipinski definition) is 4. The highest BCUT2D eigenvalue weighted by atomic mass is 32.2. The maximum Gasteiger partial charge on any atom is 0.251 e. The van der Waals surface area contributed by atoms with Crippen LogP contribution in [0.3, 0.4) is 0 Å². The van der Waals surface area contributed by atoms with E-state index in [4.69, 9.17) is 5.73 Å². The smallest absolute Gasteiger partial charge is 0.251 e. The highest BCUT2D eigenvalue weighted by Gasteiger charge is 2.33. The van der Waals surface area contributed by atoms with Crippen LogP contribution in [0.5, 0.6) is 0 Å². The van der Waals surface area contributed by atoms with Gasteiger partial charge >= 0.3 is 0 Å². The predicted molar refractivity (Wildman–Crippen MR) is 108 cm³/mol. The van der Waals surface area contributed by atoms with Crippen LogP contribution in [0.1, 0.15) is 51.4 Å². The summed E-state index contributed by atoms with van der Waals surface area (Å²) in [5.74, 6) is 0.487. The van der Waals surface area contributed by atoms with Crippen molar-refractivity contribution in [3.63, 3.8) is 0 Å². The summed E-state index contributed by atoms with van der Waals surface area (Å²) in [7, 11) is -3.62. The van der Waals surface area contributed by atoms with Crippen molar-refractivity contribution >= 4 is 15.9 Å². The second-order valence-corrected chi connectivity index (χ2v) is 10.5. The van der Waals surface area contributed by atoms with E-state index in [9.17, 15) is 13.2 Å². The van der Waals surface area contributed by atoms with Crippen LogP contribution in [-0.2, 0) is 10.0 Å². The van der Waals surface area contributed by atoms with E-state index in [1.165, 1.54) is 6.07 Å². The Morgan fingerprint density at radius 1 is 1.30 bits per heavy atom. The molecule has 1 aromatic rings. The van der Waals surface area contributed by atoms with E-state index in [0.29, 0.717) is 37.0 Å². The summed E-state index contributed by atoms with van der Waals surface area (Å²) >= 11 is 0. The van der Waals surface area contributed by atoms with E-state index in [2.05, 4.69) is 19.2 Å². The van der Waals surface area contributed by atoms with Crippen LogP contribution in [0.15, 0.2) is 29.2 Å². The largest absolute Gasteiger partial charge is 0.345 e. The number of benzene rings is 1. The fourth-order valence-corrected chi connectivity index (χ4v) is 5.24. The first-order valence-electron chi connectivity index (χ1n) is 9.62. The third-order valence-corrected chi connectivity index (χ3v) is 7.49. The number of carbonyl (C=O) groups excluding carboxylic acids is 1. The number of hydrogen-bond donors (Lipinski definition) is 2. The summed E-state index contributed by atoms with van der Waals surface area (Å²) in [6, 6.07) is 6.27. The third kappa shape index (κ3) is 4.89. The van der Waals surface area contributed by atoms with Crippen molar-refractivity contribution in [1.29, 1.82) is 0 Å². The summed E-state index contributed by atoms with van der Waals surface area (Å²) in [4.78, 5) is 12.9. The van der Waals surface area contributed by atoms with E-state index in [1.807, 2.05) is 20.8 Å². The second kappa shape index (κ2) is 8.29. The van der Waals surface area contributed by atoms with Crippen molar-refractivity contribution in [3.8, 4) is 0 Å². The molecule has 0 radical (unpaired) electrons. The number of carbonyl (C=O) groups is 1. The molecule has 0 spiro atoms. The molecule has 7 heteroatoms. The van der Waals surface area contributed by atoms with E-state index in [1.54, 1.807) is 22.5 Å². The molecular weight excluding hydrogens is 362 g/mol. The lowest BCUT2D eigenvalue weighted by molar-refractivity contribution is 0.0883. The molecule has 0 aliphatic carbocycles. The van der Waals surface area contributed by atoms with E-state index < -0.39 is 15.6 Å². The molecule has 3 unspecified atom stereocenters. The number of nitrogens with two attached hydrogens (primary N) is 1.